The first-order valence-electron chi connectivity index (χ1n) is 31.7. The monoisotopic (exact) mass is 1220 g/mol. The second-order valence-corrected chi connectivity index (χ2v) is 23.7. The predicted molar refractivity (Wildman–Crippen MR) is 388 cm³/mol. The molecule has 2 heterocycles. The summed E-state index contributed by atoms with van der Waals surface area (Å²) in [6, 6.07) is 117. The number of nitrogens with zero attached hydrogens (tertiary/aromatic N) is 8. The summed E-state index contributed by atoms with van der Waals surface area (Å²) in [6.45, 7) is 0. The summed E-state index contributed by atoms with van der Waals surface area (Å²) in [5.74, 6) is 3.55. The summed E-state index contributed by atoms with van der Waals surface area (Å²) in [5.41, 5.74) is 21.6. The molecule has 0 aliphatic rings. The van der Waals surface area contributed by atoms with Crippen LogP contribution in [0, 0.1) is 22.7 Å². The van der Waals surface area contributed by atoms with Gasteiger partial charge in [0.25, 0.3) is 0 Å². The lowest BCUT2D eigenvalue weighted by atomic mass is 9.89. The number of hydrogen-bond acceptors (Lipinski definition) is 8. The predicted octanol–water partition coefficient (Wildman–Crippen LogP) is 21.8. The zero-order valence-corrected chi connectivity index (χ0v) is 51.8. The smallest absolute Gasteiger partial charge is 0.164 e. The molecule has 8 nitrogen and oxygen atoms in total. The minimum absolute atomic E-state index is 0.574. The Morgan fingerprint density at radius 2 is 0.417 bits per heavy atom. The van der Waals surface area contributed by atoms with Gasteiger partial charge in [0.1, 0.15) is 0 Å². The largest absolute Gasteiger partial charge is 0.208 e. The van der Waals surface area contributed by atoms with E-state index < -0.39 is 0 Å². The molecule has 0 amide bonds. The van der Waals surface area contributed by atoms with Crippen LogP contribution in [0.15, 0.2) is 328 Å². The molecule has 96 heavy (non-hydrogen) atoms. The Kier molecular flexibility index (Phi) is 15.2. The topological polar surface area (TPSA) is 125 Å². The lowest BCUT2D eigenvalue weighted by Gasteiger charge is -2.15. The van der Waals surface area contributed by atoms with Crippen molar-refractivity contribution in [3.8, 4) is 158 Å². The summed E-state index contributed by atoms with van der Waals surface area (Å²) in [6.07, 6.45) is 0. The maximum Gasteiger partial charge on any atom is 0.164 e. The van der Waals surface area contributed by atoms with Crippen molar-refractivity contribution in [3.63, 3.8) is 0 Å². The second kappa shape index (κ2) is 25.4. The van der Waals surface area contributed by atoms with Gasteiger partial charge in [0.2, 0.25) is 0 Å². The molecular formula is C88H54N8. The second-order valence-electron chi connectivity index (χ2n) is 23.7. The SMILES string of the molecule is N#Cc1ccc(-c2ccc(-c3cc4ccc(-c5ccc(-c6nc(-c7ccccc7)nc(-c7ccc(-c8cc9ccccc9cc8-c8ccc(-c9cccc(C#N)c9)cc8)cc7)n6)cc5)cc4cc3-c3ccc(-c4nc(-c5ccccc5)nc(-c5ccccc5)n4)cc3)cc2)cc1. The lowest BCUT2D eigenvalue weighted by Crippen LogP contribution is -2.00. The van der Waals surface area contributed by atoms with E-state index in [1.54, 1.807) is 0 Å². The highest BCUT2D eigenvalue weighted by Crippen LogP contribution is 2.41. The maximum atomic E-state index is 9.57. The van der Waals surface area contributed by atoms with Crippen LogP contribution in [-0.2, 0) is 0 Å². The first-order valence-corrected chi connectivity index (χ1v) is 31.7. The Hall–Kier alpha value is -13.4. The minimum Gasteiger partial charge on any atom is -0.208 e. The fraction of sp³-hybridized carbons (Fsp3) is 0. The van der Waals surface area contributed by atoms with Crippen LogP contribution >= 0.6 is 0 Å². The summed E-state index contributed by atoms with van der Waals surface area (Å²) in [4.78, 5) is 30.4. The highest BCUT2D eigenvalue weighted by molar-refractivity contribution is 6.00. The normalized spacial score (nSPS) is 11.1. The van der Waals surface area contributed by atoms with E-state index >= 15 is 0 Å². The molecule has 16 aromatic rings. The molecule has 0 N–H and O–H groups in total. The van der Waals surface area contributed by atoms with Crippen LogP contribution in [0.1, 0.15) is 11.1 Å². The molecule has 0 unspecified atom stereocenters. The van der Waals surface area contributed by atoms with Gasteiger partial charge in [-0.3, -0.25) is 0 Å². The molecule has 0 bridgehead atoms. The maximum absolute atomic E-state index is 9.57. The van der Waals surface area contributed by atoms with E-state index in [9.17, 15) is 10.5 Å². The third-order valence-electron chi connectivity index (χ3n) is 17.7. The van der Waals surface area contributed by atoms with E-state index in [2.05, 4.69) is 200 Å². The van der Waals surface area contributed by atoms with Crippen LogP contribution in [-0.4, -0.2) is 29.9 Å². The van der Waals surface area contributed by atoms with E-state index in [4.69, 9.17) is 29.9 Å². The van der Waals surface area contributed by atoms with Crippen molar-refractivity contribution in [1.82, 2.24) is 29.9 Å². The molecule has 0 aliphatic heterocycles. The van der Waals surface area contributed by atoms with Crippen molar-refractivity contribution < 1.29 is 0 Å². The molecule has 0 saturated carbocycles. The highest BCUT2D eigenvalue weighted by atomic mass is 15.0. The van der Waals surface area contributed by atoms with Crippen LogP contribution in [0.4, 0.5) is 0 Å². The van der Waals surface area contributed by atoms with Gasteiger partial charge in [0.05, 0.1) is 23.3 Å². The number of rotatable bonds is 13. The van der Waals surface area contributed by atoms with Crippen LogP contribution < -0.4 is 0 Å². The van der Waals surface area contributed by atoms with Gasteiger partial charge < -0.3 is 0 Å². The molecule has 0 atom stereocenters. The molecule has 0 saturated heterocycles. The quantitative estimate of drug-likeness (QED) is 0.112. The first kappa shape index (κ1) is 57.7. The molecule has 16 rings (SSSR count). The Balaban J connectivity index is 0.730. The van der Waals surface area contributed by atoms with E-state index in [-0.39, 0.29) is 0 Å². The average molecular weight is 1220 g/mol. The molecular weight excluding hydrogens is 1170 g/mol. The molecule has 2 aromatic heterocycles. The van der Waals surface area contributed by atoms with E-state index in [0.717, 1.165) is 133 Å². The van der Waals surface area contributed by atoms with E-state index in [0.29, 0.717) is 46.1 Å². The Morgan fingerprint density at radius 3 is 0.771 bits per heavy atom. The van der Waals surface area contributed by atoms with Gasteiger partial charge in [-0.25, -0.2) is 29.9 Å². The van der Waals surface area contributed by atoms with E-state index in [1.165, 1.54) is 0 Å². The number of benzene rings is 14. The van der Waals surface area contributed by atoms with Gasteiger partial charge in [0, 0.05) is 33.4 Å². The number of nitriles is 2. The van der Waals surface area contributed by atoms with Crippen LogP contribution in [0.25, 0.3) is 168 Å². The number of fused-ring (bicyclic) bond motifs is 2. The minimum atomic E-state index is 0.574. The number of hydrogen-bond donors (Lipinski definition) is 0. The van der Waals surface area contributed by atoms with Crippen LogP contribution in [0.2, 0.25) is 0 Å². The molecule has 0 radical (unpaired) electrons. The molecule has 0 aliphatic carbocycles. The zero-order valence-electron chi connectivity index (χ0n) is 51.8. The van der Waals surface area contributed by atoms with Gasteiger partial charge in [-0.2, -0.15) is 10.5 Å². The van der Waals surface area contributed by atoms with Crippen molar-refractivity contribution >= 4 is 21.5 Å². The molecule has 14 aromatic carbocycles. The first-order chi connectivity index (χ1) is 47.4. The van der Waals surface area contributed by atoms with Crippen molar-refractivity contribution in [2.75, 3.05) is 0 Å². The highest BCUT2D eigenvalue weighted by Gasteiger charge is 2.19. The third kappa shape index (κ3) is 11.7. The third-order valence-corrected chi connectivity index (χ3v) is 17.7. The fourth-order valence-corrected chi connectivity index (χ4v) is 12.6. The summed E-state index contributed by atoms with van der Waals surface area (Å²) >= 11 is 0. The van der Waals surface area contributed by atoms with E-state index in [1.807, 2.05) is 140 Å². The molecule has 446 valence electrons. The van der Waals surface area contributed by atoms with Crippen molar-refractivity contribution in [2.45, 2.75) is 0 Å². The fourth-order valence-electron chi connectivity index (χ4n) is 12.6. The van der Waals surface area contributed by atoms with Crippen molar-refractivity contribution in [3.05, 3.63) is 339 Å². The standard InChI is InChI=1S/C88H54N8/c89-55-57-23-25-59(26-24-57)60-27-33-63(34-28-60)81-53-77-48-47-76(50-78(77)54-82(81)66-39-45-71(46-40-66)87-92-83(67-14-4-1-5-15-67)91-84(93-87)68-16-6-2-7-17-68)62-31-41-70(42-32-62)86-94-85(69-18-8-3-9-19-69)95-88(96-86)72-43-37-65(38-44-72)80-52-75-21-11-10-20-74(75)51-79(80)64-35-29-61(30-36-64)73-22-12-13-58(49-73)56-90/h1-54H. The average Bonchev–Trinajstić information content (AvgIpc) is 0.808. The van der Waals surface area contributed by atoms with Crippen LogP contribution in [0.5, 0.6) is 0 Å². The molecule has 0 fully saturated rings. The van der Waals surface area contributed by atoms with Gasteiger partial charge in [0.15, 0.2) is 34.9 Å². The summed E-state index contributed by atoms with van der Waals surface area (Å²) < 4.78 is 0. The Bertz CT molecular complexity index is 5590. The zero-order chi connectivity index (χ0) is 64.3. The molecule has 8 heteroatoms. The van der Waals surface area contributed by atoms with Crippen molar-refractivity contribution in [1.29, 1.82) is 10.5 Å². The summed E-state index contributed by atoms with van der Waals surface area (Å²) in [7, 11) is 0. The lowest BCUT2D eigenvalue weighted by molar-refractivity contribution is 1.07. The Labute approximate surface area is 555 Å². The molecule has 0 spiro atoms. The van der Waals surface area contributed by atoms with Gasteiger partial charge in [-0.1, -0.05) is 273 Å². The van der Waals surface area contributed by atoms with Crippen LogP contribution in [0.3, 0.4) is 0 Å². The number of aromatic nitrogens is 6. The Morgan fingerprint density at radius 1 is 0.167 bits per heavy atom. The van der Waals surface area contributed by atoms with Gasteiger partial charge in [-0.05, 0) is 154 Å². The van der Waals surface area contributed by atoms with Crippen molar-refractivity contribution in [2.24, 2.45) is 0 Å². The van der Waals surface area contributed by atoms with Gasteiger partial charge >= 0.3 is 0 Å². The van der Waals surface area contributed by atoms with Gasteiger partial charge in [-0.15, -0.1) is 0 Å². The summed E-state index contributed by atoms with van der Waals surface area (Å²) in [5, 5.41) is 23.6.